The molecule has 4 heteroatoms. The minimum atomic E-state index is 0.245. The number of rotatable bonds is 4. The van der Waals surface area contributed by atoms with Crippen molar-refractivity contribution in [3.8, 4) is 0 Å². The Balaban J connectivity index is 2.11. The third-order valence-electron chi connectivity index (χ3n) is 2.67. The monoisotopic (exact) mass is 294 g/mol. The Hall–Kier alpha value is -1.13. The first kappa shape index (κ1) is 12.3. The molecule has 1 unspecified atom stereocenters. The summed E-state index contributed by atoms with van der Waals surface area (Å²) in [5.74, 6) is 0.980. The van der Waals surface area contributed by atoms with E-state index in [4.69, 9.17) is 10.2 Å². The smallest absolute Gasteiger partial charge is 0.198 e. The zero-order chi connectivity index (χ0) is 12.3. The lowest BCUT2D eigenvalue weighted by atomic mass is 10.1. The van der Waals surface area contributed by atoms with Crippen LogP contribution in [0.5, 0.6) is 0 Å². The van der Waals surface area contributed by atoms with E-state index < -0.39 is 0 Å². The molecule has 2 N–H and O–H groups in total. The van der Waals surface area contributed by atoms with Crippen LogP contribution in [-0.4, -0.2) is 11.5 Å². The average Bonchev–Trinajstić information content (AvgIpc) is 2.76. The number of nitrogens with zero attached hydrogens (tertiary/aromatic N) is 1. The first-order chi connectivity index (χ1) is 8.19. The molecule has 0 fully saturated rings. The van der Waals surface area contributed by atoms with E-state index in [2.05, 4.69) is 33.0 Å². The van der Waals surface area contributed by atoms with Crippen LogP contribution in [0, 0.1) is 0 Å². The average molecular weight is 295 g/mol. The highest BCUT2D eigenvalue weighted by Crippen LogP contribution is 2.17. The van der Waals surface area contributed by atoms with Gasteiger partial charge in [0.25, 0.3) is 0 Å². The van der Waals surface area contributed by atoms with E-state index in [1.807, 2.05) is 19.1 Å². The summed E-state index contributed by atoms with van der Waals surface area (Å²) >= 11 is 3.45. The number of hydrogen-bond donors (Lipinski definition) is 1. The van der Waals surface area contributed by atoms with E-state index in [1.54, 1.807) is 6.26 Å². The molecule has 2 rings (SSSR count). The second-order valence-electron chi connectivity index (χ2n) is 4.11. The quantitative estimate of drug-likeness (QED) is 0.943. The molecule has 1 aromatic heterocycles. The van der Waals surface area contributed by atoms with Crippen LogP contribution in [0.15, 0.2) is 39.4 Å². The largest absolute Gasteiger partial charge is 0.448 e. The normalized spacial score (nSPS) is 12.6. The standard InChI is InChI=1S/C13H15BrN2O/c1-9(7-15)12-8-17-13(16-12)6-10-3-2-4-11(14)5-10/h2-5,8-9H,6-7,15H2,1H3. The highest BCUT2D eigenvalue weighted by molar-refractivity contribution is 9.10. The van der Waals surface area contributed by atoms with Crippen molar-refractivity contribution in [3.63, 3.8) is 0 Å². The molecule has 17 heavy (non-hydrogen) atoms. The van der Waals surface area contributed by atoms with Crippen LogP contribution in [0.3, 0.4) is 0 Å². The number of aromatic nitrogens is 1. The van der Waals surface area contributed by atoms with Crippen LogP contribution in [0.1, 0.15) is 30.0 Å². The predicted molar refractivity (Wildman–Crippen MR) is 70.9 cm³/mol. The molecule has 0 aliphatic rings. The Morgan fingerprint density at radius 3 is 3.00 bits per heavy atom. The van der Waals surface area contributed by atoms with Gasteiger partial charge in [-0.1, -0.05) is 35.0 Å². The summed E-state index contributed by atoms with van der Waals surface area (Å²) in [6, 6.07) is 8.13. The molecular formula is C13H15BrN2O. The van der Waals surface area contributed by atoms with Gasteiger partial charge in [0, 0.05) is 23.4 Å². The Morgan fingerprint density at radius 1 is 1.47 bits per heavy atom. The van der Waals surface area contributed by atoms with Crippen LogP contribution in [0.4, 0.5) is 0 Å². The van der Waals surface area contributed by atoms with E-state index in [0.717, 1.165) is 16.1 Å². The van der Waals surface area contributed by atoms with Crippen molar-refractivity contribution in [2.24, 2.45) is 5.73 Å². The molecule has 0 aliphatic carbocycles. The molecule has 0 radical (unpaired) electrons. The van der Waals surface area contributed by atoms with Crippen molar-refractivity contribution in [1.82, 2.24) is 4.98 Å². The second-order valence-corrected chi connectivity index (χ2v) is 5.03. The number of nitrogens with two attached hydrogens (primary N) is 1. The van der Waals surface area contributed by atoms with E-state index >= 15 is 0 Å². The second kappa shape index (κ2) is 5.47. The fraction of sp³-hybridized carbons (Fsp3) is 0.308. The van der Waals surface area contributed by atoms with Gasteiger partial charge in [0.2, 0.25) is 0 Å². The Labute approximate surface area is 109 Å². The fourth-order valence-corrected chi connectivity index (χ4v) is 2.02. The third-order valence-corrected chi connectivity index (χ3v) is 3.17. The maximum absolute atomic E-state index is 5.60. The Bertz CT molecular complexity index is 496. The van der Waals surface area contributed by atoms with E-state index in [1.165, 1.54) is 5.56 Å². The van der Waals surface area contributed by atoms with Crippen molar-refractivity contribution >= 4 is 15.9 Å². The van der Waals surface area contributed by atoms with Crippen LogP contribution >= 0.6 is 15.9 Å². The fourth-order valence-electron chi connectivity index (χ4n) is 1.57. The van der Waals surface area contributed by atoms with Gasteiger partial charge in [0.05, 0.1) is 5.69 Å². The SMILES string of the molecule is CC(CN)c1coc(Cc2cccc(Br)c2)n1. The van der Waals surface area contributed by atoms with Gasteiger partial charge in [-0.3, -0.25) is 0 Å². The minimum Gasteiger partial charge on any atom is -0.448 e. The van der Waals surface area contributed by atoms with Gasteiger partial charge in [0.1, 0.15) is 6.26 Å². The van der Waals surface area contributed by atoms with Gasteiger partial charge in [-0.2, -0.15) is 0 Å². The molecule has 90 valence electrons. The summed E-state index contributed by atoms with van der Waals surface area (Å²) in [4.78, 5) is 4.44. The summed E-state index contributed by atoms with van der Waals surface area (Å²) in [5.41, 5.74) is 7.70. The summed E-state index contributed by atoms with van der Waals surface area (Å²) < 4.78 is 6.52. The maximum Gasteiger partial charge on any atom is 0.198 e. The number of oxazole rings is 1. The van der Waals surface area contributed by atoms with Crippen LogP contribution in [0.2, 0.25) is 0 Å². The van der Waals surface area contributed by atoms with Gasteiger partial charge >= 0.3 is 0 Å². The van der Waals surface area contributed by atoms with Gasteiger partial charge in [-0.15, -0.1) is 0 Å². The molecule has 1 heterocycles. The van der Waals surface area contributed by atoms with Gasteiger partial charge in [-0.05, 0) is 17.7 Å². The van der Waals surface area contributed by atoms with Gasteiger partial charge < -0.3 is 10.2 Å². The molecule has 1 atom stereocenters. The third kappa shape index (κ3) is 3.17. The highest BCUT2D eigenvalue weighted by atomic mass is 79.9. The maximum atomic E-state index is 5.60. The van der Waals surface area contributed by atoms with Crippen molar-refractivity contribution in [3.05, 3.63) is 52.1 Å². The van der Waals surface area contributed by atoms with Crippen molar-refractivity contribution in [2.75, 3.05) is 6.54 Å². The summed E-state index contributed by atoms with van der Waals surface area (Å²) in [5, 5.41) is 0. The van der Waals surface area contributed by atoms with Crippen molar-refractivity contribution in [2.45, 2.75) is 19.3 Å². The first-order valence-electron chi connectivity index (χ1n) is 5.58. The number of hydrogen-bond acceptors (Lipinski definition) is 3. The molecular weight excluding hydrogens is 280 g/mol. The molecule has 0 saturated heterocycles. The van der Waals surface area contributed by atoms with Crippen LogP contribution in [-0.2, 0) is 6.42 Å². The Kier molecular flexibility index (Phi) is 3.97. The summed E-state index contributed by atoms with van der Waals surface area (Å²) in [6.45, 7) is 2.63. The molecule has 1 aromatic carbocycles. The molecule has 3 nitrogen and oxygen atoms in total. The molecule has 0 aliphatic heterocycles. The van der Waals surface area contributed by atoms with E-state index in [0.29, 0.717) is 13.0 Å². The topological polar surface area (TPSA) is 52.0 Å². The molecule has 0 spiro atoms. The van der Waals surface area contributed by atoms with Crippen LogP contribution in [0.25, 0.3) is 0 Å². The molecule has 0 bridgehead atoms. The lowest BCUT2D eigenvalue weighted by Crippen LogP contribution is -2.09. The number of benzene rings is 1. The summed E-state index contributed by atoms with van der Waals surface area (Å²) in [7, 11) is 0. The van der Waals surface area contributed by atoms with E-state index in [-0.39, 0.29) is 5.92 Å². The number of halogens is 1. The predicted octanol–water partition coefficient (Wildman–Crippen LogP) is 3.09. The zero-order valence-electron chi connectivity index (χ0n) is 9.69. The first-order valence-corrected chi connectivity index (χ1v) is 6.37. The van der Waals surface area contributed by atoms with Gasteiger partial charge in [0.15, 0.2) is 5.89 Å². The highest BCUT2D eigenvalue weighted by Gasteiger charge is 2.10. The Morgan fingerprint density at radius 2 is 2.29 bits per heavy atom. The minimum absolute atomic E-state index is 0.245. The lowest BCUT2D eigenvalue weighted by molar-refractivity contribution is 0.505. The molecule has 2 aromatic rings. The zero-order valence-corrected chi connectivity index (χ0v) is 11.3. The van der Waals surface area contributed by atoms with Crippen molar-refractivity contribution in [1.29, 1.82) is 0 Å². The molecule has 0 saturated carbocycles. The summed E-state index contributed by atoms with van der Waals surface area (Å²) in [6.07, 6.45) is 2.40. The van der Waals surface area contributed by atoms with Crippen LogP contribution < -0.4 is 5.73 Å². The lowest BCUT2D eigenvalue weighted by Gasteiger charge is -2.01. The van der Waals surface area contributed by atoms with E-state index in [9.17, 15) is 0 Å². The van der Waals surface area contributed by atoms with Crippen molar-refractivity contribution < 1.29 is 4.42 Å². The molecule has 0 amide bonds. The van der Waals surface area contributed by atoms with Gasteiger partial charge in [-0.25, -0.2) is 4.98 Å².